The van der Waals surface area contributed by atoms with Crippen LogP contribution in [0.25, 0.3) is 78.9 Å². The molecule has 0 spiro atoms. The van der Waals surface area contributed by atoms with Gasteiger partial charge in [-0.15, -0.1) is 0 Å². The summed E-state index contributed by atoms with van der Waals surface area (Å²) in [5.41, 5.74) is 10.3. The molecule has 48 heavy (non-hydrogen) atoms. The molecule has 8 heteroatoms. The van der Waals surface area contributed by atoms with Crippen LogP contribution in [-0.2, 0) is 0 Å². The Kier molecular flexibility index (Phi) is 7.70. The van der Waals surface area contributed by atoms with Crippen molar-refractivity contribution in [1.82, 2.24) is 39.9 Å². The fourth-order valence-electron chi connectivity index (χ4n) is 5.85. The first-order valence-corrected chi connectivity index (χ1v) is 15.4. The van der Waals surface area contributed by atoms with Gasteiger partial charge in [-0.25, -0.2) is 19.9 Å². The zero-order chi connectivity index (χ0) is 32.1. The van der Waals surface area contributed by atoms with E-state index in [0.29, 0.717) is 11.6 Å². The fourth-order valence-corrected chi connectivity index (χ4v) is 5.85. The van der Waals surface area contributed by atoms with Crippen LogP contribution in [-0.4, -0.2) is 39.9 Å². The first kappa shape index (κ1) is 28.7. The van der Waals surface area contributed by atoms with Crippen molar-refractivity contribution in [1.29, 1.82) is 0 Å². The van der Waals surface area contributed by atoms with E-state index in [0.717, 1.165) is 67.3 Å². The first-order valence-electron chi connectivity index (χ1n) is 15.4. The Morgan fingerprint density at radius 1 is 0.271 bits per heavy atom. The van der Waals surface area contributed by atoms with Crippen LogP contribution in [0, 0.1) is 0 Å². The van der Waals surface area contributed by atoms with Crippen molar-refractivity contribution >= 4 is 0 Å². The summed E-state index contributed by atoms with van der Waals surface area (Å²) in [6.07, 6.45) is 14.2. The summed E-state index contributed by atoms with van der Waals surface area (Å²) in [5, 5.41) is 0. The number of hydrogen-bond acceptors (Lipinski definition) is 8. The molecule has 0 fully saturated rings. The zero-order valence-corrected chi connectivity index (χ0v) is 25.6. The summed E-state index contributed by atoms with van der Waals surface area (Å²) in [5.74, 6) is 1.18. The summed E-state index contributed by atoms with van der Waals surface area (Å²) in [7, 11) is 0. The number of benzene rings is 2. The minimum Gasteiger partial charge on any atom is -0.256 e. The Bertz CT molecular complexity index is 2010. The average Bonchev–Trinajstić information content (AvgIpc) is 3.19. The first-order chi connectivity index (χ1) is 23.8. The van der Waals surface area contributed by atoms with Gasteiger partial charge in [-0.05, 0) is 96.1 Å². The molecule has 0 saturated carbocycles. The van der Waals surface area contributed by atoms with E-state index in [1.165, 1.54) is 0 Å². The molecule has 6 aromatic heterocycles. The van der Waals surface area contributed by atoms with E-state index < -0.39 is 0 Å². The monoisotopic (exact) mass is 618 g/mol. The van der Waals surface area contributed by atoms with E-state index in [9.17, 15) is 0 Å². The van der Waals surface area contributed by atoms with Gasteiger partial charge in [0, 0.05) is 83.0 Å². The lowest BCUT2D eigenvalue weighted by atomic mass is 9.86. The van der Waals surface area contributed by atoms with Gasteiger partial charge < -0.3 is 0 Å². The Morgan fingerprint density at radius 3 is 0.792 bits per heavy atom. The summed E-state index contributed by atoms with van der Waals surface area (Å²) in [6.45, 7) is 0. The van der Waals surface area contributed by atoms with Crippen molar-refractivity contribution < 1.29 is 0 Å². The lowest BCUT2D eigenvalue weighted by Crippen LogP contribution is -2.00. The zero-order valence-electron chi connectivity index (χ0n) is 25.6. The van der Waals surface area contributed by atoms with Gasteiger partial charge in [0.2, 0.25) is 0 Å². The maximum Gasteiger partial charge on any atom is 0.160 e. The number of hydrogen-bond donors (Lipinski definition) is 0. The van der Waals surface area contributed by atoms with E-state index in [1.807, 2.05) is 84.9 Å². The third-order valence-electron chi connectivity index (χ3n) is 7.95. The van der Waals surface area contributed by atoms with Crippen LogP contribution in [0.3, 0.4) is 0 Å². The van der Waals surface area contributed by atoms with E-state index in [-0.39, 0.29) is 0 Å². The lowest BCUT2D eigenvalue weighted by Gasteiger charge is -2.19. The quantitative estimate of drug-likeness (QED) is 0.175. The second-order valence-corrected chi connectivity index (χ2v) is 10.9. The second kappa shape index (κ2) is 12.9. The molecule has 0 aliphatic heterocycles. The Hall–Kier alpha value is -6.80. The van der Waals surface area contributed by atoms with E-state index >= 15 is 0 Å². The number of aromatic nitrogens is 8. The van der Waals surface area contributed by atoms with Gasteiger partial charge in [-0.3, -0.25) is 19.9 Å². The van der Waals surface area contributed by atoms with Gasteiger partial charge in [-0.2, -0.15) is 0 Å². The smallest absolute Gasteiger partial charge is 0.160 e. The fraction of sp³-hybridized carbons (Fsp3) is 0. The highest BCUT2D eigenvalue weighted by molar-refractivity contribution is 5.98. The summed E-state index contributed by atoms with van der Waals surface area (Å²) in [6, 6.07) is 35.8. The molecule has 226 valence electrons. The molecule has 0 N–H and O–H groups in total. The summed E-state index contributed by atoms with van der Waals surface area (Å²) < 4.78 is 0. The van der Waals surface area contributed by atoms with Crippen molar-refractivity contribution in [2.75, 3.05) is 0 Å². The molecule has 8 nitrogen and oxygen atoms in total. The molecule has 0 amide bonds. The van der Waals surface area contributed by atoms with Crippen LogP contribution in [0.4, 0.5) is 0 Å². The molecule has 6 heterocycles. The van der Waals surface area contributed by atoms with Crippen LogP contribution in [0.5, 0.6) is 0 Å². The van der Waals surface area contributed by atoms with Gasteiger partial charge in [0.25, 0.3) is 0 Å². The normalized spacial score (nSPS) is 10.9. The highest BCUT2D eigenvalue weighted by atomic mass is 14.9. The van der Waals surface area contributed by atoms with Gasteiger partial charge in [-0.1, -0.05) is 24.3 Å². The maximum atomic E-state index is 4.78. The molecule has 0 saturated heterocycles. The summed E-state index contributed by atoms with van der Waals surface area (Å²) in [4.78, 5) is 37.8. The molecule has 0 unspecified atom stereocenters. The highest BCUT2D eigenvalue weighted by Crippen LogP contribution is 2.45. The van der Waals surface area contributed by atoms with Crippen molar-refractivity contribution in [2.45, 2.75) is 0 Å². The number of rotatable bonds is 7. The Balaban J connectivity index is 1.48. The number of pyridine rings is 4. The molecule has 0 aliphatic carbocycles. The molecule has 0 aliphatic rings. The van der Waals surface area contributed by atoms with Gasteiger partial charge >= 0.3 is 0 Å². The third kappa shape index (κ3) is 5.59. The van der Waals surface area contributed by atoms with Crippen molar-refractivity contribution in [3.05, 3.63) is 159 Å². The minimum absolute atomic E-state index is 0.588. The van der Waals surface area contributed by atoms with Crippen LogP contribution in [0.1, 0.15) is 0 Å². The van der Waals surface area contributed by atoms with E-state index in [4.69, 9.17) is 19.9 Å². The van der Waals surface area contributed by atoms with Crippen LogP contribution >= 0.6 is 0 Å². The van der Waals surface area contributed by atoms with Gasteiger partial charge in [0.05, 0.1) is 22.8 Å². The van der Waals surface area contributed by atoms with Crippen LogP contribution in [0.2, 0.25) is 0 Å². The lowest BCUT2D eigenvalue weighted by molar-refractivity contribution is 1.17. The molecule has 8 aromatic rings. The molecular weight excluding hydrogens is 592 g/mol. The van der Waals surface area contributed by atoms with Crippen LogP contribution < -0.4 is 0 Å². The third-order valence-corrected chi connectivity index (χ3v) is 7.95. The Labute approximate surface area is 277 Å². The average molecular weight is 619 g/mol. The molecule has 2 aromatic carbocycles. The standard InChI is InChI=1S/C40H26N8/c1-5-15-41-33(11-1)29-23-27(24-30(34-12-2-6-16-42-34)37(29)39-45-19-9-20-46-39)28-25-31(35-13-3-7-17-43-35)38(40-47-21-10-22-48-40)32(26-28)36-14-4-8-18-44-36/h1-26H. The molecule has 0 bridgehead atoms. The highest BCUT2D eigenvalue weighted by Gasteiger charge is 2.23. The minimum atomic E-state index is 0.588. The summed E-state index contributed by atoms with van der Waals surface area (Å²) >= 11 is 0. The number of nitrogens with zero attached hydrogens (tertiary/aromatic N) is 8. The molecular formula is C40H26N8. The SMILES string of the molecule is c1ccc(-c2cc(-c3cc(-c4ccccn4)c(-c4ncccn4)c(-c4ccccn4)c3)cc(-c3ccccn3)c2-c2ncccn2)nc1. The topological polar surface area (TPSA) is 103 Å². The van der Waals surface area contributed by atoms with Crippen molar-refractivity contribution in [3.8, 4) is 78.9 Å². The van der Waals surface area contributed by atoms with E-state index in [2.05, 4.69) is 44.2 Å². The maximum absolute atomic E-state index is 4.78. The molecule has 0 atom stereocenters. The molecule has 0 radical (unpaired) electrons. The van der Waals surface area contributed by atoms with Crippen LogP contribution in [0.15, 0.2) is 159 Å². The largest absolute Gasteiger partial charge is 0.256 e. The van der Waals surface area contributed by atoms with E-state index in [1.54, 1.807) is 49.6 Å². The van der Waals surface area contributed by atoms with Crippen molar-refractivity contribution in [2.24, 2.45) is 0 Å². The molecule has 8 rings (SSSR count). The second-order valence-electron chi connectivity index (χ2n) is 10.9. The van der Waals surface area contributed by atoms with Crippen molar-refractivity contribution in [3.63, 3.8) is 0 Å². The van der Waals surface area contributed by atoms with Gasteiger partial charge in [0.1, 0.15) is 0 Å². The predicted molar refractivity (Wildman–Crippen MR) is 187 cm³/mol. The van der Waals surface area contributed by atoms with Gasteiger partial charge in [0.15, 0.2) is 11.6 Å². The predicted octanol–water partition coefficient (Wildman–Crippen LogP) is 8.52. The Morgan fingerprint density at radius 2 is 0.542 bits per heavy atom.